The van der Waals surface area contributed by atoms with E-state index in [1.807, 2.05) is 25.1 Å². The van der Waals surface area contributed by atoms with Crippen LogP contribution in [0, 0.1) is 6.92 Å². The molecular formula is C14H20BrN3O2. The molecule has 1 saturated heterocycles. The minimum Gasteiger partial charge on any atom is -0.374 e. The number of anilines is 1. The van der Waals surface area contributed by atoms with E-state index < -0.39 is 0 Å². The molecule has 1 aliphatic rings. The van der Waals surface area contributed by atoms with Gasteiger partial charge in [0.15, 0.2) is 0 Å². The van der Waals surface area contributed by atoms with Crippen molar-refractivity contribution in [2.75, 3.05) is 38.6 Å². The topological polar surface area (TPSA) is 53.6 Å². The van der Waals surface area contributed by atoms with Crippen molar-refractivity contribution in [1.82, 2.24) is 10.2 Å². The maximum absolute atomic E-state index is 11.9. The van der Waals surface area contributed by atoms with Crippen molar-refractivity contribution in [2.24, 2.45) is 0 Å². The summed E-state index contributed by atoms with van der Waals surface area (Å²) >= 11 is 3.40. The van der Waals surface area contributed by atoms with E-state index in [-0.39, 0.29) is 12.1 Å². The van der Waals surface area contributed by atoms with Gasteiger partial charge in [-0.15, -0.1) is 0 Å². The highest BCUT2D eigenvalue weighted by molar-refractivity contribution is 9.10. The van der Waals surface area contributed by atoms with E-state index in [1.54, 1.807) is 0 Å². The Morgan fingerprint density at radius 1 is 1.55 bits per heavy atom. The Hall–Kier alpha value is -1.11. The number of halogens is 1. The predicted molar refractivity (Wildman–Crippen MR) is 83.1 cm³/mol. The van der Waals surface area contributed by atoms with Gasteiger partial charge in [0.25, 0.3) is 0 Å². The third kappa shape index (κ3) is 4.47. The van der Waals surface area contributed by atoms with Crippen molar-refractivity contribution in [3.8, 4) is 0 Å². The largest absolute Gasteiger partial charge is 0.374 e. The highest BCUT2D eigenvalue weighted by atomic mass is 79.9. The van der Waals surface area contributed by atoms with E-state index in [2.05, 4.69) is 38.5 Å². The smallest absolute Gasteiger partial charge is 0.319 e. The van der Waals surface area contributed by atoms with E-state index in [0.29, 0.717) is 6.54 Å². The van der Waals surface area contributed by atoms with E-state index >= 15 is 0 Å². The first-order valence-electron chi connectivity index (χ1n) is 6.66. The fraction of sp³-hybridized carbons (Fsp3) is 0.500. The van der Waals surface area contributed by atoms with Gasteiger partial charge in [0.1, 0.15) is 0 Å². The van der Waals surface area contributed by atoms with Gasteiger partial charge in [0.2, 0.25) is 0 Å². The molecule has 0 saturated carbocycles. The number of benzene rings is 1. The van der Waals surface area contributed by atoms with E-state index in [0.717, 1.165) is 35.4 Å². The number of amides is 2. The molecule has 1 unspecified atom stereocenters. The van der Waals surface area contributed by atoms with Gasteiger partial charge in [0, 0.05) is 29.8 Å². The lowest BCUT2D eigenvalue weighted by atomic mass is 10.2. The monoisotopic (exact) mass is 341 g/mol. The number of nitrogens with one attached hydrogen (secondary N) is 2. The lowest BCUT2D eigenvalue weighted by Crippen LogP contribution is -2.46. The zero-order valence-electron chi connectivity index (χ0n) is 11.8. The number of carbonyl (C=O) groups excluding carboxylic acids is 1. The lowest BCUT2D eigenvalue weighted by Gasteiger charge is -2.30. The summed E-state index contributed by atoms with van der Waals surface area (Å²) in [6.07, 6.45) is 0.0607. The zero-order chi connectivity index (χ0) is 14.5. The van der Waals surface area contributed by atoms with E-state index in [4.69, 9.17) is 4.74 Å². The van der Waals surface area contributed by atoms with Crippen molar-refractivity contribution in [2.45, 2.75) is 13.0 Å². The summed E-state index contributed by atoms with van der Waals surface area (Å²) in [6, 6.07) is 5.55. The molecule has 2 amide bonds. The molecule has 0 bridgehead atoms. The summed E-state index contributed by atoms with van der Waals surface area (Å²) in [5, 5.41) is 5.70. The standard InChI is InChI=1S/C14H20BrN3O2/c1-10-7-11(15)3-4-13(10)17-14(19)16-8-12-9-18(2)5-6-20-12/h3-4,7,12H,5-6,8-9H2,1-2H3,(H2,16,17,19). The van der Waals surface area contributed by atoms with Crippen LogP contribution in [-0.4, -0.2) is 50.3 Å². The number of morpholine rings is 1. The summed E-state index contributed by atoms with van der Waals surface area (Å²) in [5.41, 5.74) is 1.83. The second kappa shape index (κ2) is 7.06. The van der Waals surface area contributed by atoms with Crippen LogP contribution in [-0.2, 0) is 4.74 Å². The van der Waals surface area contributed by atoms with Crippen LogP contribution in [0.15, 0.2) is 22.7 Å². The van der Waals surface area contributed by atoms with Crippen LogP contribution in [0.1, 0.15) is 5.56 Å². The Kier molecular flexibility index (Phi) is 5.39. The average molecular weight is 342 g/mol. The number of ether oxygens (including phenoxy) is 1. The number of hydrogen-bond donors (Lipinski definition) is 2. The van der Waals surface area contributed by atoms with Crippen LogP contribution in [0.3, 0.4) is 0 Å². The van der Waals surface area contributed by atoms with Crippen molar-refractivity contribution in [3.63, 3.8) is 0 Å². The second-order valence-corrected chi connectivity index (χ2v) is 5.96. The quantitative estimate of drug-likeness (QED) is 0.886. The van der Waals surface area contributed by atoms with Crippen LogP contribution in [0.25, 0.3) is 0 Å². The maximum atomic E-state index is 11.9. The van der Waals surface area contributed by atoms with E-state index in [1.165, 1.54) is 0 Å². The highest BCUT2D eigenvalue weighted by Gasteiger charge is 2.18. The number of hydrogen-bond acceptors (Lipinski definition) is 3. The minimum absolute atomic E-state index is 0.0607. The number of rotatable bonds is 3. The van der Waals surface area contributed by atoms with Crippen LogP contribution in [0.4, 0.5) is 10.5 Å². The van der Waals surface area contributed by atoms with Crippen molar-refractivity contribution in [1.29, 1.82) is 0 Å². The number of urea groups is 1. The second-order valence-electron chi connectivity index (χ2n) is 5.05. The number of carbonyl (C=O) groups is 1. The Balaban J connectivity index is 1.80. The third-order valence-electron chi connectivity index (χ3n) is 3.27. The first kappa shape index (κ1) is 15.3. The molecule has 20 heavy (non-hydrogen) atoms. The lowest BCUT2D eigenvalue weighted by molar-refractivity contribution is -0.0166. The highest BCUT2D eigenvalue weighted by Crippen LogP contribution is 2.19. The summed E-state index contributed by atoms with van der Waals surface area (Å²) in [7, 11) is 2.06. The Bertz CT molecular complexity index is 481. The molecule has 1 fully saturated rings. The maximum Gasteiger partial charge on any atom is 0.319 e. The van der Waals surface area contributed by atoms with Crippen LogP contribution in [0.2, 0.25) is 0 Å². The van der Waals surface area contributed by atoms with Crippen LogP contribution < -0.4 is 10.6 Å². The molecule has 2 rings (SSSR count). The molecular weight excluding hydrogens is 322 g/mol. The molecule has 5 nitrogen and oxygen atoms in total. The van der Waals surface area contributed by atoms with Gasteiger partial charge in [-0.2, -0.15) is 0 Å². The zero-order valence-corrected chi connectivity index (χ0v) is 13.4. The summed E-state index contributed by atoms with van der Waals surface area (Å²) in [5.74, 6) is 0. The van der Waals surface area contributed by atoms with Gasteiger partial charge < -0.3 is 20.3 Å². The van der Waals surface area contributed by atoms with Crippen molar-refractivity contribution in [3.05, 3.63) is 28.2 Å². The Morgan fingerprint density at radius 2 is 2.35 bits per heavy atom. The molecule has 0 aromatic heterocycles. The Morgan fingerprint density at radius 3 is 3.05 bits per heavy atom. The summed E-state index contributed by atoms with van der Waals surface area (Å²) in [6.45, 7) is 4.99. The molecule has 1 aromatic carbocycles. The SMILES string of the molecule is Cc1cc(Br)ccc1NC(=O)NCC1CN(C)CCO1. The molecule has 2 N–H and O–H groups in total. The van der Waals surface area contributed by atoms with Crippen LogP contribution >= 0.6 is 15.9 Å². The number of aryl methyl sites for hydroxylation is 1. The predicted octanol–water partition coefficient (Wildman–Crippen LogP) is 2.21. The summed E-state index contributed by atoms with van der Waals surface area (Å²) < 4.78 is 6.60. The first-order chi connectivity index (χ1) is 9.54. The normalized spacial score (nSPS) is 19.6. The summed E-state index contributed by atoms with van der Waals surface area (Å²) in [4.78, 5) is 14.1. The fourth-order valence-corrected chi connectivity index (χ4v) is 2.61. The molecule has 0 spiro atoms. The van der Waals surface area contributed by atoms with Gasteiger partial charge in [-0.1, -0.05) is 15.9 Å². The molecule has 1 atom stereocenters. The third-order valence-corrected chi connectivity index (χ3v) is 3.76. The fourth-order valence-electron chi connectivity index (χ4n) is 2.13. The van der Waals surface area contributed by atoms with Gasteiger partial charge in [-0.25, -0.2) is 4.79 Å². The first-order valence-corrected chi connectivity index (χ1v) is 7.45. The minimum atomic E-state index is -0.202. The number of nitrogens with zero attached hydrogens (tertiary/aromatic N) is 1. The molecule has 6 heteroatoms. The van der Waals surface area contributed by atoms with E-state index in [9.17, 15) is 4.79 Å². The molecule has 1 aliphatic heterocycles. The molecule has 1 aromatic rings. The van der Waals surface area contributed by atoms with Gasteiger partial charge in [-0.05, 0) is 37.7 Å². The van der Waals surface area contributed by atoms with Crippen molar-refractivity contribution < 1.29 is 9.53 Å². The van der Waals surface area contributed by atoms with Crippen molar-refractivity contribution >= 4 is 27.6 Å². The van der Waals surface area contributed by atoms with Gasteiger partial charge in [-0.3, -0.25) is 0 Å². The average Bonchev–Trinajstić information content (AvgIpc) is 2.40. The molecule has 110 valence electrons. The van der Waals surface area contributed by atoms with Crippen LogP contribution in [0.5, 0.6) is 0 Å². The van der Waals surface area contributed by atoms with Gasteiger partial charge >= 0.3 is 6.03 Å². The van der Waals surface area contributed by atoms with Gasteiger partial charge in [0.05, 0.1) is 12.7 Å². The molecule has 0 radical (unpaired) electrons. The molecule has 0 aliphatic carbocycles. The Labute approximate surface area is 127 Å². The molecule has 1 heterocycles. The number of likely N-dealkylation sites (N-methyl/N-ethyl adjacent to an activating group) is 1.